The molecule has 0 saturated carbocycles. The van der Waals surface area contributed by atoms with E-state index in [2.05, 4.69) is 11.9 Å². The SMILES string of the molecule is CC1(CN)CCN(C(=O)c2c[nH]ccc2=O)CC1. The van der Waals surface area contributed by atoms with Crippen LogP contribution < -0.4 is 11.2 Å². The topological polar surface area (TPSA) is 79.2 Å². The van der Waals surface area contributed by atoms with Gasteiger partial charge < -0.3 is 15.6 Å². The molecule has 0 radical (unpaired) electrons. The number of amides is 1. The lowest BCUT2D eigenvalue weighted by molar-refractivity contribution is 0.0616. The van der Waals surface area contributed by atoms with Gasteiger partial charge >= 0.3 is 0 Å². The number of H-pyrrole nitrogens is 1. The van der Waals surface area contributed by atoms with E-state index < -0.39 is 0 Å². The van der Waals surface area contributed by atoms with Crippen LogP contribution in [0.25, 0.3) is 0 Å². The molecule has 0 bridgehead atoms. The standard InChI is InChI=1S/C13H19N3O2/c1-13(9-14)3-6-16(7-4-13)12(18)10-8-15-5-2-11(10)17/h2,5,8H,3-4,6-7,9,14H2,1H3,(H,15,17). The summed E-state index contributed by atoms with van der Waals surface area (Å²) in [5, 5.41) is 0. The Kier molecular flexibility index (Phi) is 3.52. The Balaban J connectivity index is 2.09. The van der Waals surface area contributed by atoms with E-state index in [0.29, 0.717) is 19.6 Å². The van der Waals surface area contributed by atoms with Crippen molar-refractivity contribution >= 4 is 5.91 Å². The van der Waals surface area contributed by atoms with E-state index in [1.165, 1.54) is 18.5 Å². The summed E-state index contributed by atoms with van der Waals surface area (Å²) in [5.74, 6) is -0.184. The van der Waals surface area contributed by atoms with Gasteiger partial charge in [-0.05, 0) is 24.8 Å². The molecule has 1 fully saturated rings. The molecule has 0 aromatic carbocycles. The first-order chi connectivity index (χ1) is 8.56. The monoisotopic (exact) mass is 249 g/mol. The summed E-state index contributed by atoms with van der Waals surface area (Å²) in [7, 11) is 0. The average Bonchev–Trinajstić information content (AvgIpc) is 2.39. The second kappa shape index (κ2) is 4.94. The highest BCUT2D eigenvalue weighted by Crippen LogP contribution is 2.29. The molecule has 1 aromatic heterocycles. The summed E-state index contributed by atoms with van der Waals surface area (Å²) < 4.78 is 0. The maximum Gasteiger partial charge on any atom is 0.259 e. The Bertz CT molecular complexity index is 487. The van der Waals surface area contributed by atoms with Crippen molar-refractivity contribution in [1.82, 2.24) is 9.88 Å². The molecule has 1 amide bonds. The molecule has 0 spiro atoms. The van der Waals surface area contributed by atoms with Crippen LogP contribution in [0.5, 0.6) is 0 Å². The summed E-state index contributed by atoms with van der Waals surface area (Å²) in [5.41, 5.74) is 5.85. The largest absolute Gasteiger partial charge is 0.367 e. The van der Waals surface area contributed by atoms with E-state index in [1.54, 1.807) is 4.90 Å². The highest BCUT2D eigenvalue weighted by molar-refractivity contribution is 5.93. The van der Waals surface area contributed by atoms with Crippen LogP contribution in [0.15, 0.2) is 23.3 Å². The maximum atomic E-state index is 12.2. The number of rotatable bonds is 2. The highest BCUT2D eigenvalue weighted by Gasteiger charge is 2.31. The van der Waals surface area contributed by atoms with Gasteiger partial charge in [0.05, 0.1) is 0 Å². The van der Waals surface area contributed by atoms with Crippen LogP contribution in [0, 0.1) is 5.41 Å². The number of carbonyl (C=O) groups is 1. The molecule has 5 heteroatoms. The highest BCUT2D eigenvalue weighted by atomic mass is 16.2. The smallest absolute Gasteiger partial charge is 0.259 e. The molecule has 5 nitrogen and oxygen atoms in total. The molecule has 1 aliphatic rings. The van der Waals surface area contributed by atoms with Gasteiger partial charge in [0, 0.05) is 31.5 Å². The lowest BCUT2D eigenvalue weighted by Gasteiger charge is -2.38. The molecule has 1 aliphatic heterocycles. The van der Waals surface area contributed by atoms with Gasteiger partial charge in [-0.25, -0.2) is 0 Å². The van der Waals surface area contributed by atoms with Gasteiger partial charge in [0.1, 0.15) is 5.56 Å². The zero-order chi connectivity index (χ0) is 13.2. The van der Waals surface area contributed by atoms with Crippen molar-refractivity contribution in [3.8, 4) is 0 Å². The van der Waals surface area contributed by atoms with Crippen molar-refractivity contribution in [2.75, 3.05) is 19.6 Å². The number of hydrogen-bond acceptors (Lipinski definition) is 3. The number of aromatic amines is 1. The fourth-order valence-electron chi connectivity index (χ4n) is 2.21. The first kappa shape index (κ1) is 12.8. The lowest BCUT2D eigenvalue weighted by Crippen LogP contribution is -2.45. The Morgan fingerprint density at radius 2 is 2.17 bits per heavy atom. The number of nitrogens with one attached hydrogen (secondary N) is 1. The lowest BCUT2D eigenvalue weighted by atomic mass is 9.80. The predicted molar refractivity (Wildman–Crippen MR) is 69.4 cm³/mol. The minimum Gasteiger partial charge on any atom is -0.367 e. The van der Waals surface area contributed by atoms with E-state index >= 15 is 0 Å². The Hall–Kier alpha value is -1.62. The van der Waals surface area contributed by atoms with E-state index in [1.807, 2.05) is 0 Å². The fourth-order valence-corrected chi connectivity index (χ4v) is 2.21. The molecule has 1 saturated heterocycles. The van der Waals surface area contributed by atoms with Gasteiger partial charge in [0.15, 0.2) is 5.43 Å². The average molecular weight is 249 g/mol. The van der Waals surface area contributed by atoms with Gasteiger partial charge in [-0.15, -0.1) is 0 Å². The molecule has 18 heavy (non-hydrogen) atoms. The van der Waals surface area contributed by atoms with Crippen LogP contribution >= 0.6 is 0 Å². The molecule has 2 heterocycles. The van der Waals surface area contributed by atoms with E-state index in [0.717, 1.165) is 12.8 Å². The summed E-state index contributed by atoms with van der Waals surface area (Å²) in [6, 6.07) is 1.38. The summed E-state index contributed by atoms with van der Waals surface area (Å²) in [6.45, 7) is 4.12. The van der Waals surface area contributed by atoms with Crippen LogP contribution in [-0.2, 0) is 0 Å². The van der Waals surface area contributed by atoms with Crippen molar-refractivity contribution in [2.24, 2.45) is 11.1 Å². The summed E-state index contributed by atoms with van der Waals surface area (Å²) in [4.78, 5) is 28.3. The molecule has 2 rings (SSSR count). The molecular weight excluding hydrogens is 230 g/mol. The fraction of sp³-hybridized carbons (Fsp3) is 0.538. The maximum absolute atomic E-state index is 12.2. The van der Waals surface area contributed by atoms with E-state index in [4.69, 9.17) is 5.73 Å². The molecule has 0 unspecified atom stereocenters. The molecule has 0 aliphatic carbocycles. The normalized spacial score (nSPS) is 18.7. The number of hydrogen-bond donors (Lipinski definition) is 2. The van der Waals surface area contributed by atoms with Crippen LogP contribution in [0.1, 0.15) is 30.1 Å². The first-order valence-corrected chi connectivity index (χ1v) is 6.22. The van der Waals surface area contributed by atoms with Gasteiger partial charge in [-0.1, -0.05) is 6.92 Å². The number of nitrogens with two attached hydrogens (primary N) is 1. The Labute approximate surface area is 106 Å². The summed E-state index contributed by atoms with van der Waals surface area (Å²) >= 11 is 0. The number of carbonyl (C=O) groups excluding carboxylic acids is 1. The van der Waals surface area contributed by atoms with Crippen molar-refractivity contribution in [1.29, 1.82) is 0 Å². The van der Waals surface area contributed by atoms with Crippen molar-refractivity contribution in [3.05, 3.63) is 34.2 Å². The van der Waals surface area contributed by atoms with Crippen LogP contribution in [0.2, 0.25) is 0 Å². The van der Waals surface area contributed by atoms with Gasteiger partial charge in [-0.2, -0.15) is 0 Å². The van der Waals surface area contributed by atoms with Crippen LogP contribution in [0.4, 0.5) is 0 Å². The van der Waals surface area contributed by atoms with Crippen LogP contribution in [0.3, 0.4) is 0 Å². The first-order valence-electron chi connectivity index (χ1n) is 6.22. The molecule has 98 valence electrons. The van der Waals surface area contributed by atoms with Crippen LogP contribution in [-0.4, -0.2) is 35.4 Å². The minimum absolute atomic E-state index is 0.125. The van der Waals surface area contributed by atoms with Crippen molar-refractivity contribution < 1.29 is 4.79 Å². The number of likely N-dealkylation sites (tertiary alicyclic amines) is 1. The zero-order valence-corrected chi connectivity index (χ0v) is 10.6. The molecular formula is C13H19N3O2. The number of pyridine rings is 1. The number of nitrogens with zero attached hydrogens (tertiary/aromatic N) is 1. The van der Waals surface area contributed by atoms with Gasteiger partial charge in [-0.3, -0.25) is 9.59 Å². The third-order valence-electron chi connectivity index (χ3n) is 3.81. The summed E-state index contributed by atoms with van der Waals surface area (Å²) in [6.07, 6.45) is 4.78. The molecule has 1 aromatic rings. The third-order valence-corrected chi connectivity index (χ3v) is 3.81. The van der Waals surface area contributed by atoms with Gasteiger partial charge in [0.25, 0.3) is 5.91 Å². The zero-order valence-electron chi connectivity index (χ0n) is 10.6. The Morgan fingerprint density at radius 3 is 2.72 bits per heavy atom. The van der Waals surface area contributed by atoms with E-state index in [9.17, 15) is 9.59 Å². The van der Waals surface area contributed by atoms with E-state index in [-0.39, 0.29) is 22.3 Å². The molecule has 0 atom stereocenters. The molecule has 3 N–H and O–H groups in total. The second-order valence-electron chi connectivity index (χ2n) is 5.23. The van der Waals surface area contributed by atoms with Crippen molar-refractivity contribution in [2.45, 2.75) is 19.8 Å². The van der Waals surface area contributed by atoms with Crippen molar-refractivity contribution in [3.63, 3.8) is 0 Å². The van der Waals surface area contributed by atoms with Gasteiger partial charge in [0.2, 0.25) is 0 Å². The minimum atomic E-state index is -0.231. The number of piperidine rings is 1. The Morgan fingerprint density at radius 1 is 1.50 bits per heavy atom. The quantitative estimate of drug-likeness (QED) is 0.804. The number of aromatic nitrogens is 1. The third kappa shape index (κ3) is 2.46. The second-order valence-corrected chi connectivity index (χ2v) is 5.23. The predicted octanol–water partition coefficient (Wildman–Crippen LogP) is 0.576.